The van der Waals surface area contributed by atoms with E-state index in [-0.39, 0.29) is 0 Å². The molecule has 0 unspecified atom stereocenters. The van der Waals surface area contributed by atoms with Crippen molar-refractivity contribution >= 4 is 15.9 Å². The third kappa shape index (κ3) is 1.99. The average Bonchev–Trinajstić information content (AvgIpc) is 1.94. The van der Waals surface area contributed by atoms with Crippen LogP contribution >= 0.6 is 15.9 Å². The molecule has 0 saturated carbocycles. The van der Waals surface area contributed by atoms with Crippen molar-refractivity contribution in [2.24, 2.45) is 0 Å². The second-order valence-electron chi connectivity index (χ2n) is 2.82. The molecular weight excluding hydrogens is 204 g/mol. The molecule has 2 nitrogen and oxygen atoms in total. The van der Waals surface area contributed by atoms with Gasteiger partial charge in [-0.1, -0.05) is 13.8 Å². The predicted octanol–water partition coefficient (Wildman–Crippen LogP) is 2.67. The molecule has 0 amide bonds. The maximum atomic E-state index is 4.33. The first-order chi connectivity index (χ1) is 5.11. The summed E-state index contributed by atoms with van der Waals surface area (Å²) in [5.74, 6) is 0.444. The fourth-order valence-corrected chi connectivity index (χ4v) is 1.28. The van der Waals surface area contributed by atoms with Crippen LogP contribution in [0.4, 0.5) is 0 Å². The highest BCUT2D eigenvalue weighted by Crippen LogP contribution is 2.16. The van der Waals surface area contributed by atoms with Gasteiger partial charge in [-0.2, -0.15) is 0 Å². The van der Waals surface area contributed by atoms with Crippen LogP contribution in [0.25, 0.3) is 0 Å². The molecule has 0 aromatic carbocycles. The standard InChI is InChI=1S/C8H11BrN2/c1-5(2)8-6(3)10-4-7(9)11-8/h4-5H,1-3H3. The molecule has 60 valence electrons. The summed E-state index contributed by atoms with van der Waals surface area (Å²) in [7, 11) is 0. The fraction of sp³-hybridized carbons (Fsp3) is 0.500. The lowest BCUT2D eigenvalue weighted by Gasteiger charge is -2.06. The Bertz CT molecular complexity index is 258. The van der Waals surface area contributed by atoms with Crippen molar-refractivity contribution in [1.82, 2.24) is 9.97 Å². The lowest BCUT2D eigenvalue weighted by Crippen LogP contribution is -1.98. The van der Waals surface area contributed by atoms with Crippen LogP contribution in [0.2, 0.25) is 0 Å². The van der Waals surface area contributed by atoms with E-state index < -0.39 is 0 Å². The Balaban J connectivity index is 3.13. The van der Waals surface area contributed by atoms with E-state index in [0.717, 1.165) is 16.0 Å². The molecule has 0 atom stereocenters. The van der Waals surface area contributed by atoms with Gasteiger partial charge in [0.2, 0.25) is 0 Å². The molecule has 0 N–H and O–H groups in total. The normalized spacial score (nSPS) is 10.6. The summed E-state index contributed by atoms with van der Waals surface area (Å²) in [6.07, 6.45) is 1.72. The van der Waals surface area contributed by atoms with Crippen LogP contribution in [0.1, 0.15) is 31.2 Å². The van der Waals surface area contributed by atoms with Crippen LogP contribution in [0.3, 0.4) is 0 Å². The van der Waals surface area contributed by atoms with E-state index in [1.807, 2.05) is 6.92 Å². The summed E-state index contributed by atoms with van der Waals surface area (Å²) >= 11 is 3.29. The van der Waals surface area contributed by atoms with Crippen molar-refractivity contribution in [3.8, 4) is 0 Å². The largest absolute Gasteiger partial charge is 0.257 e. The molecule has 0 fully saturated rings. The number of hydrogen-bond acceptors (Lipinski definition) is 2. The highest BCUT2D eigenvalue weighted by atomic mass is 79.9. The SMILES string of the molecule is Cc1ncc(Br)nc1C(C)C. The van der Waals surface area contributed by atoms with E-state index in [2.05, 4.69) is 39.7 Å². The minimum Gasteiger partial charge on any atom is -0.257 e. The molecule has 0 spiro atoms. The Morgan fingerprint density at radius 2 is 2.09 bits per heavy atom. The fourth-order valence-electron chi connectivity index (χ4n) is 0.988. The molecule has 0 aliphatic heterocycles. The van der Waals surface area contributed by atoms with Gasteiger partial charge in [-0.25, -0.2) is 4.98 Å². The molecule has 0 saturated heterocycles. The predicted molar refractivity (Wildman–Crippen MR) is 48.6 cm³/mol. The van der Waals surface area contributed by atoms with E-state index in [1.165, 1.54) is 0 Å². The monoisotopic (exact) mass is 214 g/mol. The van der Waals surface area contributed by atoms with Gasteiger partial charge in [0.15, 0.2) is 0 Å². The van der Waals surface area contributed by atoms with Crippen molar-refractivity contribution in [1.29, 1.82) is 0 Å². The highest BCUT2D eigenvalue weighted by molar-refractivity contribution is 9.10. The molecule has 0 aliphatic carbocycles. The van der Waals surface area contributed by atoms with Crippen LogP contribution in [0.15, 0.2) is 10.8 Å². The Hall–Kier alpha value is -0.440. The zero-order valence-electron chi connectivity index (χ0n) is 6.93. The molecule has 1 aromatic rings. The summed E-state index contributed by atoms with van der Waals surface area (Å²) in [6.45, 7) is 6.21. The van der Waals surface area contributed by atoms with E-state index in [4.69, 9.17) is 0 Å². The van der Waals surface area contributed by atoms with Gasteiger partial charge < -0.3 is 0 Å². The quantitative estimate of drug-likeness (QED) is 0.719. The Morgan fingerprint density at radius 3 is 2.55 bits per heavy atom. The number of nitrogens with zero attached hydrogens (tertiary/aromatic N) is 2. The summed E-state index contributed by atoms with van der Waals surface area (Å²) in [5.41, 5.74) is 2.09. The molecule has 3 heteroatoms. The van der Waals surface area contributed by atoms with Gasteiger partial charge in [-0.3, -0.25) is 4.98 Å². The number of halogens is 1. The van der Waals surface area contributed by atoms with E-state index in [9.17, 15) is 0 Å². The van der Waals surface area contributed by atoms with E-state index in [0.29, 0.717) is 5.92 Å². The number of rotatable bonds is 1. The Labute approximate surface area is 75.2 Å². The minimum atomic E-state index is 0.444. The molecule has 1 heterocycles. The zero-order chi connectivity index (χ0) is 8.43. The van der Waals surface area contributed by atoms with E-state index >= 15 is 0 Å². The summed E-state index contributed by atoms with van der Waals surface area (Å²) in [5, 5.41) is 0. The highest BCUT2D eigenvalue weighted by Gasteiger charge is 2.05. The van der Waals surface area contributed by atoms with Gasteiger partial charge >= 0.3 is 0 Å². The van der Waals surface area contributed by atoms with Crippen molar-refractivity contribution in [2.45, 2.75) is 26.7 Å². The van der Waals surface area contributed by atoms with Gasteiger partial charge in [0, 0.05) is 0 Å². The average molecular weight is 215 g/mol. The lowest BCUT2D eigenvalue weighted by atomic mass is 10.1. The van der Waals surface area contributed by atoms with Crippen LogP contribution < -0.4 is 0 Å². The van der Waals surface area contributed by atoms with Gasteiger partial charge in [0.1, 0.15) is 4.60 Å². The number of hydrogen-bond donors (Lipinski definition) is 0. The van der Waals surface area contributed by atoms with Gasteiger partial charge in [-0.15, -0.1) is 0 Å². The Kier molecular flexibility index (Phi) is 2.60. The summed E-state index contributed by atoms with van der Waals surface area (Å²) in [4.78, 5) is 8.52. The summed E-state index contributed by atoms with van der Waals surface area (Å²) < 4.78 is 0.812. The van der Waals surface area contributed by atoms with Gasteiger partial charge in [0.25, 0.3) is 0 Å². The van der Waals surface area contributed by atoms with Crippen molar-refractivity contribution in [2.75, 3.05) is 0 Å². The van der Waals surface area contributed by atoms with Crippen molar-refractivity contribution < 1.29 is 0 Å². The zero-order valence-corrected chi connectivity index (χ0v) is 8.51. The van der Waals surface area contributed by atoms with Crippen molar-refractivity contribution in [3.63, 3.8) is 0 Å². The van der Waals surface area contributed by atoms with Crippen LogP contribution in [-0.4, -0.2) is 9.97 Å². The number of aryl methyl sites for hydroxylation is 1. The molecular formula is C8H11BrN2. The molecule has 0 aliphatic rings. The van der Waals surface area contributed by atoms with E-state index in [1.54, 1.807) is 6.20 Å². The first-order valence-corrected chi connectivity index (χ1v) is 4.39. The first kappa shape index (κ1) is 8.65. The van der Waals surface area contributed by atoms with Crippen LogP contribution in [0.5, 0.6) is 0 Å². The molecule has 0 radical (unpaired) electrons. The molecule has 1 aromatic heterocycles. The second-order valence-corrected chi connectivity index (χ2v) is 3.63. The van der Waals surface area contributed by atoms with Crippen molar-refractivity contribution in [3.05, 3.63) is 22.2 Å². The maximum Gasteiger partial charge on any atom is 0.124 e. The Morgan fingerprint density at radius 1 is 1.45 bits per heavy atom. The third-order valence-electron chi connectivity index (χ3n) is 1.51. The van der Waals surface area contributed by atoms with Gasteiger partial charge in [-0.05, 0) is 28.8 Å². The smallest absolute Gasteiger partial charge is 0.124 e. The van der Waals surface area contributed by atoms with Crippen LogP contribution in [0, 0.1) is 6.92 Å². The third-order valence-corrected chi connectivity index (χ3v) is 1.89. The maximum absolute atomic E-state index is 4.33. The van der Waals surface area contributed by atoms with Gasteiger partial charge in [0.05, 0.1) is 17.6 Å². The lowest BCUT2D eigenvalue weighted by molar-refractivity contribution is 0.790. The van der Waals surface area contributed by atoms with Crippen LogP contribution in [-0.2, 0) is 0 Å². The molecule has 11 heavy (non-hydrogen) atoms. The first-order valence-electron chi connectivity index (χ1n) is 3.60. The topological polar surface area (TPSA) is 25.8 Å². The summed E-state index contributed by atoms with van der Waals surface area (Å²) in [6, 6.07) is 0. The molecule has 0 bridgehead atoms. The minimum absolute atomic E-state index is 0.444. The molecule has 1 rings (SSSR count). The second kappa shape index (κ2) is 3.30. The number of aromatic nitrogens is 2.